The molecule has 11 aromatic rings. The van der Waals surface area contributed by atoms with Gasteiger partial charge >= 0.3 is 0 Å². The van der Waals surface area contributed by atoms with E-state index in [1.54, 1.807) is 0 Å². The third-order valence-corrected chi connectivity index (χ3v) is 19.7. The summed E-state index contributed by atoms with van der Waals surface area (Å²) in [7, 11) is -2.90. The van der Waals surface area contributed by atoms with Crippen molar-refractivity contribution in [2.24, 2.45) is 0 Å². The molecule has 0 spiro atoms. The van der Waals surface area contributed by atoms with Crippen LogP contribution in [-0.4, -0.2) is 17.2 Å². The Kier molecular flexibility index (Phi) is 9.05. The van der Waals surface area contributed by atoms with Crippen molar-refractivity contribution in [1.82, 2.24) is 9.13 Å². The fourth-order valence-electron chi connectivity index (χ4n) is 11.6. The lowest BCUT2D eigenvalue weighted by atomic mass is 9.63. The van der Waals surface area contributed by atoms with E-state index in [1.165, 1.54) is 105 Å². The highest BCUT2D eigenvalue weighted by molar-refractivity contribution is 7.20. The van der Waals surface area contributed by atoms with Crippen molar-refractivity contribution in [2.75, 3.05) is 0 Å². The zero-order chi connectivity index (χ0) is 43.9. The van der Waals surface area contributed by atoms with Crippen LogP contribution in [0, 0.1) is 0 Å². The van der Waals surface area contributed by atoms with E-state index in [1.807, 2.05) is 0 Å². The molecule has 0 amide bonds. The van der Waals surface area contributed by atoms with E-state index in [4.69, 9.17) is 0 Å². The lowest BCUT2D eigenvalue weighted by Gasteiger charge is -2.43. The van der Waals surface area contributed by atoms with Gasteiger partial charge in [0.25, 0.3) is 0 Å². The minimum Gasteiger partial charge on any atom is -0.309 e. The minimum absolute atomic E-state index is 0.0821. The minimum atomic E-state index is -2.90. The third kappa shape index (κ3) is 6.06. The molecular weight excluding hydrogens is 801 g/mol. The van der Waals surface area contributed by atoms with E-state index in [9.17, 15) is 0 Å². The Morgan fingerprint density at radius 3 is 1.57 bits per heavy atom. The Balaban J connectivity index is 1.12. The topological polar surface area (TPSA) is 9.86 Å². The first-order valence-electron chi connectivity index (χ1n) is 23.2. The highest BCUT2D eigenvalue weighted by atomic mass is 28.3. The number of hydrogen-bond acceptors (Lipinski definition) is 0. The third-order valence-electron chi connectivity index (χ3n) is 14.9. The van der Waals surface area contributed by atoms with E-state index in [0.29, 0.717) is 0 Å². The van der Waals surface area contributed by atoms with E-state index < -0.39 is 8.07 Å². The van der Waals surface area contributed by atoms with Crippen LogP contribution < -0.4 is 20.7 Å². The van der Waals surface area contributed by atoms with Gasteiger partial charge in [-0.2, -0.15) is 0 Å². The average molecular weight is 853 g/mol. The molecule has 65 heavy (non-hydrogen) atoms. The molecule has 1 aliphatic rings. The lowest BCUT2D eigenvalue weighted by Crippen LogP contribution is -2.75. The summed E-state index contributed by atoms with van der Waals surface area (Å²) in [5, 5.41) is 10.6. The van der Waals surface area contributed by atoms with Crippen molar-refractivity contribution in [3.63, 3.8) is 0 Å². The van der Waals surface area contributed by atoms with Gasteiger partial charge in [-0.1, -0.05) is 204 Å². The van der Waals surface area contributed by atoms with E-state index >= 15 is 0 Å². The molecular formula is C62H52N2Si. The van der Waals surface area contributed by atoms with Crippen LogP contribution in [0.15, 0.2) is 218 Å². The summed E-state index contributed by atoms with van der Waals surface area (Å²) < 4.78 is 4.92. The first-order valence-corrected chi connectivity index (χ1v) is 25.2. The van der Waals surface area contributed by atoms with Gasteiger partial charge in [-0.15, -0.1) is 0 Å². The average Bonchev–Trinajstić information content (AvgIpc) is 3.87. The van der Waals surface area contributed by atoms with E-state index in [2.05, 4.69) is 255 Å². The second kappa shape index (κ2) is 14.9. The zero-order valence-electron chi connectivity index (χ0n) is 37.6. The van der Waals surface area contributed by atoms with Crippen LogP contribution in [-0.2, 0) is 10.8 Å². The number of aromatic nitrogens is 2. The molecule has 0 atom stereocenters. The molecule has 1 aliphatic carbocycles. The maximum absolute atomic E-state index is 2.90. The van der Waals surface area contributed by atoms with Gasteiger partial charge in [-0.05, 0) is 104 Å². The fourth-order valence-corrected chi connectivity index (χ4v) is 16.4. The maximum Gasteiger partial charge on any atom is 0.179 e. The predicted molar refractivity (Wildman–Crippen MR) is 279 cm³/mol. The summed E-state index contributed by atoms with van der Waals surface area (Å²) in [5.41, 5.74) is 12.8. The number of rotatable bonds is 7. The predicted octanol–water partition coefficient (Wildman–Crippen LogP) is 13.3. The first kappa shape index (κ1) is 39.4. The summed E-state index contributed by atoms with van der Waals surface area (Å²) >= 11 is 0. The fraction of sp³-hybridized carbons (Fsp3) is 0.129. The Labute approximate surface area is 383 Å². The van der Waals surface area contributed by atoms with Crippen molar-refractivity contribution in [3.8, 4) is 22.5 Å². The molecule has 0 bridgehead atoms. The maximum atomic E-state index is 2.64. The standard InChI is InChI=1S/C62H52N2Si/c1-61(2)38-39-62(3,4)56-42-49(35-36-55(56)61)65(46-23-10-6-11-24-46,47-25-12-7-13-26-47)48-27-18-20-43(40-48)50-30-19-31-53-51-28-14-17-33-58(51)64(60(50)53)45-34-37-59-54(41-45)52-29-15-16-32-57(52)63(59)44-21-8-5-9-22-44/h5-37,40-42H,38-39H2,1-4H3. The molecule has 2 aromatic heterocycles. The molecule has 0 saturated carbocycles. The summed E-state index contributed by atoms with van der Waals surface area (Å²) in [4.78, 5) is 0. The van der Waals surface area contributed by atoms with Gasteiger partial charge in [0.1, 0.15) is 0 Å². The van der Waals surface area contributed by atoms with E-state index in [-0.39, 0.29) is 10.8 Å². The molecule has 0 unspecified atom stereocenters. The molecule has 2 heterocycles. The summed E-state index contributed by atoms with van der Waals surface area (Å²) in [6.45, 7) is 9.78. The van der Waals surface area contributed by atoms with Crippen LogP contribution in [0.5, 0.6) is 0 Å². The SMILES string of the molecule is CC1(C)CCC(C)(C)c2cc([Si](c3ccccc3)(c3ccccc3)c3cccc(-c4cccc5c6ccccc6n(-c6ccc7c(c6)c6ccccc6n7-c6ccccc6)c45)c3)ccc21. The summed E-state index contributed by atoms with van der Waals surface area (Å²) in [6, 6.07) is 82.6. The van der Waals surface area contributed by atoms with Crippen LogP contribution >= 0.6 is 0 Å². The Morgan fingerprint density at radius 2 is 0.877 bits per heavy atom. The number of hydrogen-bond donors (Lipinski definition) is 0. The molecule has 314 valence electrons. The smallest absolute Gasteiger partial charge is 0.179 e. The molecule has 0 saturated heterocycles. The van der Waals surface area contributed by atoms with Crippen LogP contribution in [0.25, 0.3) is 66.1 Å². The Morgan fingerprint density at radius 1 is 0.354 bits per heavy atom. The van der Waals surface area contributed by atoms with Crippen LogP contribution in [0.4, 0.5) is 0 Å². The van der Waals surface area contributed by atoms with Crippen molar-refractivity contribution in [2.45, 2.75) is 51.4 Å². The van der Waals surface area contributed by atoms with Gasteiger partial charge in [0.05, 0.1) is 22.1 Å². The van der Waals surface area contributed by atoms with Crippen molar-refractivity contribution in [3.05, 3.63) is 230 Å². The second-order valence-corrected chi connectivity index (χ2v) is 23.3. The van der Waals surface area contributed by atoms with Crippen LogP contribution in [0.3, 0.4) is 0 Å². The van der Waals surface area contributed by atoms with Gasteiger partial charge in [-0.25, -0.2) is 0 Å². The molecule has 9 aromatic carbocycles. The van der Waals surface area contributed by atoms with Crippen molar-refractivity contribution < 1.29 is 0 Å². The monoisotopic (exact) mass is 852 g/mol. The summed E-state index contributed by atoms with van der Waals surface area (Å²) in [6.07, 6.45) is 2.37. The van der Waals surface area contributed by atoms with Gasteiger partial charge in [-0.3, -0.25) is 0 Å². The first-order chi connectivity index (χ1) is 31.7. The number of benzene rings is 9. The Bertz CT molecular complexity index is 3550. The molecule has 0 aliphatic heterocycles. The summed E-state index contributed by atoms with van der Waals surface area (Å²) in [5.74, 6) is 0. The number of para-hydroxylation sites is 4. The number of fused-ring (bicyclic) bond motifs is 7. The van der Waals surface area contributed by atoms with Gasteiger partial charge in [0.2, 0.25) is 0 Å². The van der Waals surface area contributed by atoms with Gasteiger partial charge in [0.15, 0.2) is 8.07 Å². The molecule has 3 heteroatoms. The van der Waals surface area contributed by atoms with Crippen LogP contribution in [0.2, 0.25) is 0 Å². The molecule has 0 fully saturated rings. The Hall–Kier alpha value is -7.20. The molecule has 0 radical (unpaired) electrons. The second-order valence-electron chi connectivity index (χ2n) is 19.5. The highest BCUT2D eigenvalue weighted by Gasteiger charge is 2.44. The number of nitrogens with zero attached hydrogens (tertiary/aromatic N) is 2. The molecule has 12 rings (SSSR count). The highest BCUT2D eigenvalue weighted by Crippen LogP contribution is 2.46. The van der Waals surface area contributed by atoms with Crippen molar-refractivity contribution >= 4 is 72.4 Å². The van der Waals surface area contributed by atoms with Gasteiger partial charge < -0.3 is 9.13 Å². The van der Waals surface area contributed by atoms with E-state index in [0.717, 1.165) is 5.69 Å². The zero-order valence-corrected chi connectivity index (χ0v) is 38.6. The quantitative estimate of drug-likeness (QED) is 0.112. The van der Waals surface area contributed by atoms with Gasteiger partial charge in [0, 0.05) is 38.5 Å². The molecule has 2 nitrogen and oxygen atoms in total. The normalized spacial score (nSPS) is 14.6. The largest absolute Gasteiger partial charge is 0.309 e. The van der Waals surface area contributed by atoms with Crippen molar-refractivity contribution in [1.29, 1.82) is 0 Å². The molecule has 0 N–H and O–H groups in total. The lowest BCUT2D eigenvalue weighted by molar-refractivity contribution is 0.332. The van der Waals surface area contributed by atoms with Crippen LogP contribution in [0.1, 0.15) is 51.7 Å².